The molecule has 0 radical (unpaired) electrons. The summed E-state index contributed by atoms with van der Waals surface area (Å²) in [6.07, 6.45) is 8.86. The highest BCUT2D eigenvalue weighted by molar-refractivity contribution is 5.94. The Balaban J connectivity index is 1.44. The highest BCUT2D eigenvalue weighted by Crippen LogP contribution is 2.49. The molecule has 0 spiro atoms. The van der Waals surface area contributed by atoms with E-state index >= 15 is 0 Å². The van der Waals surface area contributed by atoms with Crippen LogP contribution in [-0.4, -0.2) is 50.4 Å². The Kier molecular flexibility index (Phi) is 5.90. The van der Waals surface area contributed by atoms with E-state index in [0.717, 1.165) is 61.4 Å². The second-order valence-corrected chi connectivity index (χ2v) is 9.22. The maximum atomic E-state index is 12.9. The van der Waals surface area contributed by atoms with Crippen molar-refractivity contribution in [3.05, 3.63) is 58.7 Å². The van der Waals surface area contributed by atoms with E-state index in [2.05, 4.69) is 18.2 Å². The number of hydrogen-bond acceptors (Lipinski definition) is 4. The van der Waals surface area contributed by atoms with Crippen molar-refractivity contribution < 1.29 is 14.3 Å². The summed E-state index contributed by atoms with van der Waals surface area (Å²) in [5, 5.41) is 0. The number of fused-ring (bicyclic) bond motifs is 3. The fourth-order valence-corrected chi connectivity index (χ4v) is 5.78. The minimum Gasteiger partial charge on any atom is -0.493 e. The highest BCUT2D eigenvalue weighted by Gasteiger charge is 2.38. The SMILES string of the molecule is COc1cc2c(cc1OC)C1C(CCCC1c1ccc(C(=O)N3CCCCC3)cc1)N=C2. The molecule has 0 N–H and O–H groups in total. The summed E-state index contributed by atoms with van der Waals surface area (Å²) in [6, 6.07) is 12.9. The first-order valence-corrected chi connectivity index (χ1v) is 11.9. The number of carbonyl (C=O) groups excluding carboxylic acids is 1. The van der Waals surface area contributed by atoms with Crippen molar-refractivity contribution in [1.82, 2.24) is 4.90 Å². The molecule has 2 aromatic carbocycles. The van der Waals surface area contributed by atoms with Gasteiger partial charge in [-0.1, -0.05) is 18.6 Å². The number of hydrogen-bond donors (Lipinski definition) is 0. The standard InChI is InChI=1S/C27H32N2O3/c1-31-24-15-20-17-28-23-8-6-7-21(26(23)22(20)16-25(24)32-2)18-9-11-19(12-10-18)27(30)29-13-4-3-5-14-29/h9-12,15-17,21,23,26H,3-8,13-14H2,1-2H3. The zero-order chi connectivity index (χ0) is 22.1. The van der Waals surface area contributed by atoms with Gasteiger partial charge in [-0.3, -0.25) is 9.79 Å². The van der Waals surface area contributed by atoms with Crippen LogP contribution in [0.3, 0.4) is 0 Å². The molecule has 2 aromatic rings. The molecule has 1 aliphatic carbocycles. The summed E-state index contributed by atoms with van der Waals surface area (Å²) in [4.78, 5) is 19.8. The van der Waals surface area contributed by atoms with E-state index < -0.39 is 0 Å². The molecule has 5 rings (SSSR count). The van der Waals surface area contributed by atoms with Crippen LogP contribution in [0.25, 0.3) is 0 Å². The fraction of sp³-hybridized carbons (Fsp3) is 0.481. The summed E-state index contributed by atoms with van der Waals surface area (Å²) < 4.78 is 11.1. The van der Waals surface area contributed by atoms with Crippen LogP contribution in [0.4, 0.5) is 0 Å². The van der Waals surface area contributed by atoms with E-state index in [1.807, 2.05) is 29.3 Å². The van der Waals surface area contributed by atoms with Gasteiger partial charge in [-0.15, -0.1) is 0 Å². The molecule has 0 bridgehead atoms. The van der Waals surface area contributed by atoms with E-state index in [-0.39, 0.29) is 11.9 Å². The number of piperidine rings is 1. The van der Waals surface area contributed by atoms with Gasteiger partial charge in [0.05, 0.1) is 20.3 Å². The molecule has 3 aliphatic rings. The van der Waals surface area contributed by atoms with Crippen LogP contribution < -0.4 is 9.47 Å². The minimum atomic E-state index is 0.169. The summed E-state index contributed by atoms with van der Waals surface area (Å²) >= 11 is 0. The minimum absolute atomic E-state index is 0.169. The molecule has 2 aliphatic heterocycles. The Morgan fingerprint density at radius 3 is 2.38 bits per heavy atom. The second-order valence-electron chi connectivity index (χ2n) is 9.22. The van der Waals surface area contributed by atoms with Crippen LogP contribution >= 0.6 is 0 Å². The lowest BCUT2D eigenvalue weighted by Crippen LogP contribution is -2.35. The smallest absolute Gasteiger partial charge is 0.253 e. The normalized spacial score (nSPS) is 24.4. The van der Waals surface area contributed by atoms with Crippen LogP contribution in [0.2, 0.25) is 0 Å². The highest BCUT2D eigenvalue weighted by atomic mass is 16.5. The van der Waals surface area contributed by atoms with E-state index in [9.17, 15) is 4.79 Å². The van der Waals surface area contributed by atoms with Gasteiger partial charge in [-0.05, 0) is 79.0 Å². The third-order valence-electron chi connectivity index (χ3n) is 7.45. The van der Waals surface area contributed by atoms with E-state index in [1.54, 1.807) is 14.2 Å². The Bertz CT molecular complexity index is 1010. The first-order valence-electron chi connectivity index (χ1n) is 11.9. The van der Waals surface area contributed by atoms with Crippen molar-refractivity contribution in [3.63, 3.8) is 0 Å². The van der Waals surface area contributed by atoms with Crippen LogP contribution in [0.5, 0.6) is 11.5 Å². The van der Waals surface area contributed by atoms with Crippen molar-refractivity contribution in [2.45, 2.75) is 56.4 Å². The summed E-state index contributed by atoms with van der Waals surface area (Å²) in [7, 11) is 3.36. The van der Waals surface area contributed by atoms with Gasteiger partial charge < -0.3 is 14.4 Å². The molecule has 5 nitrogen and oxygen atoms in total. The first-order chi connectivity index (χ1) is 15.7. The Hall–Kier alpha value is -2.82. The van der Waals surface area contributed by atoms with Crippen molar-refractivity contribution in [3.8, 4) is 11.5 Å². The van der Waals surface area contributed by atoms with Crippen LogP contribution in [-0.2, 0) is 0 Å². The number of ether oxygens (including phenoxy) is 2. The second kappa shape index (κ2) is 8.97. The number of likely N-dealkylation sites (tertiary alicyclic amines) is 1. The molecular weight excluding hydrogens is 400 g/mol. The lowest BCUT2D eigenvalue weighted by molar-refractivity contribution is 0.0724. The lowest BCUT2D eigenvalue weighted by atomic mass is 9.68. The van der Waals surface area contributed by atoms with E-state index in [4.69, 9.17) is 14.5 Å². The molecule has 168 valence electrons. The monoisotopic (exact) mass is 432 g/mol. The van der Waals surface area contributed by atoms with Crippen LogP contribution in [0.1, 0.15) is 77.4 Å². The molecular formula is C27H32N2O3. The zero-order valence-electron chi connectivity index (χ0n) is 19.0. The molecule has 1 saturated heterocycles. The average Bonchev–Trinajstić information content (AvgIpc) is 2.87. The Morgan fingerprint density at radius 2 is 1.66 bits per heavy atom. The number of rotatable bonds is 4. The van der Waals surface area contributed by atoms with Crippen molar-refractivity contribution in [2.75, 3.05) is 27.3 Å². The Labute approximate surface area is 190 Å². The predicted molar refractivity (Wildman–Crippen MR) is 126 cm³/mol. The number of benzene rings is 2. The molecule has 2 fully saturated rings. The molecule has 3 atom stereocenters. The zero-order valence-corrected chi connectivity index (χ0v) is 19.0. The molecule has 0 aromatic heterocycles. The van der Waals surface area contributed by atoms with Gasteiger partial charge in [-0.2, -0.15) is 0 Å². The molecule has 5 heteroatoms. The van der Waals surface area contributed by atoms with Gasteiger partial charge in [-0.25, -0.2) is 0 Å². The average molecular weight is 433 g/mol. The summed E-state index contributed by atoms with van der Waals surface area (Å²) in [5.41, 5.74) is 4.51. The van der Waals surface area contributed by atoms with Gasteiger partial charge in [0, 0.05) is 30.8 Å². The Morgan fingerprint density at radius 1 is 0.938 bits per heavy atom. The van der Waals surface area contributed by atoms with Crippen LogP contribution in [0.15, 0.2) is 41.4 Å². The van der Waals surface area contributed by atoms with Gasteiger partial charge >= 0.3 is 0 Å². The third kappa shape index (κ3) is 3.78. The molecule has 1 saturated carbocycles. The predicted octanol–water partition coefficient (Wildman–Crippen LogP) is 5.18. The number of nitrogens with zero attached hydrogens (tertiary/aromatic N) is 2. The van der Waals surface area contributed by atoms with Gasteiger partial charge in [0.15, 0.2) is 11.5 Å². The quantitative estimate of drug-likeness (QED) is 0.669. The number of aliphatic imine (C=N–C) groups is 1. The van der Waals surface area contributed by atoms with E-state index in [0.29, 0.717) is 11.8 Å². The van der Waals surface area contributed by atoms with E-state index in [1.165, 1.54) is 24.0 Å². The molecule has 2 heterocycles. The maximum Gasteiger partial charge on any atom is 0.253 e. The maximum absolute atomic E-state index is 12.9. The van der Waals surface area contributed by atoms with Crippen molar-refractivity contribution >= 4 is 12.1 Å². The van der Waals surface area contributed by atoms with Gasteiger partial charge in [0.25, 0.3) is 5.91 Å². The number of carbonyl (C=O) groups is 1. The molecule has 32 heavy (non-hydrogen) atoms. The summed E-state index contributed by atoms with van der Waals surface area (Å²) in [6.45, 7) is 1.76. The fourth-order valence-electron chi connectivity index (χ4n) is 5.78. The molecule has 1 amide bonds. The summed E-state index contributed by atoms with van der Waals surface area (Å²) in [5.74, 6) is 2.37. The largest absolute Gasteiger partial charge is 0.493 e. The molecule has 3 unspecified atom stereocenters. The lowest BCUT2D eigenvalue weighted by Gasteiger charge is -2.40. The van der Waals surface area contributed by atoms with Crippen molar-refractivity contribution in [2.24, 2.45) is 4.99 Å². The van der Waals surface area contributed by atoms with Gasteiger partial charge in [0.2, 0.25) is 0 Å². The number of amides is 1. The van der Waals surface area contributed by atoms with Gasteiger partial charge in [0.1, 0.15) is 0 Å². The van der Waals surface area contributed by atoms with Crippen LogP contribution in [0, 0.1) is 0 Å². The number of methoxy groups -OCH3 is 2. The van der Waals surface area contributed by atoms with Crippen molar-refractivity contribution in [1.29, 1.82) is 0 Å². The third-order valence-corrected chi connectivity index (χ3v) is 7.45. The first kappa shape index (κ1) is 21.0. The topological polar surface area (TPSA) is 51.1 Å².